The molecule has 156 valence electrons. The molecule has 7 nitrogen and oxygen atoms in total. The highest BCUT2D eigenvalue weighted by Crippen LogP contribution is 2.21. The number of aryl methyl sites for hydroxylation is 1. The number of aromatic nitrogens is 3. The quantitative estimate of drug-likeness (QED) is 0.529. The predicted octanol–water partition coefficient (Wildman–Crippen LogP) is 3.85. The number of phenolic OH excluding ortho intramolecular Hbond substituents is 1. The Labute approximate surface area is 171 Å². The summed E-state index contributed by atoms with van der Waals surface area (Å²) in [6, 6.07) is 8.41. The van der Waals surface area contributed by atoms with Crippen LogP contribution in [0.1, 0.15) is 38.3 Å². The molecule has 29 heavy (non-hydrogen) atoms. The molecule has 0 aliphatic rings. The zero-order chi connectivity index (χ0) is 21.4. The second-order valence-corrected chi connectivity index (χ2v) is 8.30. The highest BCUT2D eigenvalue weighted by molar-refractivity contribution is 7.89. The summed E-state index contributed by atoms with van der Waals surface area (Å²) in [7, 11) is -3.76. The van der Waals surface area contributed by atoms with E-state index in [0.29, 0.717) is 23.9 Å². The van der Waals surface area contributed by atoms with Crippen molar-refractivity contribution in [3.05, 3.63) is 59.8 Å². The maximum Gasteiger partial charge on any atom is 0.258 e. The second kappa shape index (κ2) is 10.2. The highest BCUT2D eigenvalue weighted by Gasteiger charge is 2.24. The number of H-pyrrole nitrogens is 1. The topological polar surface area (TPSA) is 108 Å². The number of nitrogens with zero attached hydrogens (tertiary/aromatic N) is 2. The number of allylic oxidation sites excluding steroid dienone is 2. The van der Waals surface area contributed by atoms with E-state index >= 15 is 0 Å². The van der Waals surface area contributed by atoms with Crippen LogP contribution >= 0.6 is 0 Å². The lowest BCUT2D eigenvalue weighted by molar-refractivity contribution is 0.469. The van der Waals surface area contributed by atoms with Gasteiger partial charge in [0.25, 0.3) is 10.0 Å². The molecule has 0 radical (unpaired) electrons. The summed E-state index contributed by atoms with van der Waals surface area (Å²) in [4.78, 5) is 4.04. The lowest BCUT2D eigenvalue weighted by atomic mass is 10.0. The monoisotopic (exact) mass is 416 g/mol. The number of nitrogens with one attached hydrogen (secondary N) is 2. The Morgan fingerprint density at radius 2 is 1.97 bits per heavy atom. The average molecular weight is 417 g/mol. The van der Waals surface area contributed by atoms with Gasteiger partial charge in [-0.25, -0.2) is 18.1 Å². The van der Waals surface area contributed by atoms with Crippen molar-refractivity contribution in [3.63, 3.8) is 0 Å². The van der Waals surface area contributed by atoms with Gasteiger partial charge in [-0.2, -0.15) is 5.10 Å². The SMILES string of the molecule is C/C=C\C.CCC(Cc1ccc(C)c(O)c1)NS(=O)(=O)c1[nH]nc2ncccc12. The average Bonchev–Trinajstić information content (AvgIpc) is 3.15. The van der Waals surface area contributed by atoms with Crippen molar-refractivity contribution in [1.29, 1.82) is 0 Å². The minimum atomic E-state index is -3.76. The summed E-state index contributed by atoms with van der Waals surface area (Å²) in [6.07, 6.45) is 6.65. The lowest BCUT2D eigenvalue weighted by Gasteiger charge is -2.17. The first-order valence-corrected chi connectivity index (χ1v) is 11.0. The molecule has 0 saturated heterocycles. The number of aromatic amines is 1. The van der Waals surface area contributed by atoms with Gasteiger partial charge in [-0.1, -0.05) is 31.2 Å². The fourth-order valence-corrected chi connectivity index (χ4v) is 4.07. The van der Waals surface area contributed by atoms with E-state index in [2.05, 4.69) is 19.9 Å². The van der Waals surface area contributed by atoms with Gasteiger partial charge in [0.05, 0.1) is 5.39 Å². The van der Waals surface area contributed by atoms with Gasteiger partial charge < -0.3 is 5.11 Å². The van der Waals surface area contributed by atoms with Gasteiger partial charge in [0.15, 0.2) is 10.7 Å². The largest absolute Gasteiger partial charge is 0.508 e. The van der Waals surface area contributed by atoms with Crippen LogP contribution in [0.5, 0.6) is 5.75 Å². The Hall–Kier alpha value is -2.71. The van der Waals surface area contributed by atoms with Gasteiger partial charge in [-0.15, -0.1) is 0 Å². The number of sulfonamides is 1. The van der Waals surface area contributed by atoms with Crippen molar-refractivity contribution in [3.8, 4) is 5.75 Å². The Kier molecular flexibility index (Phi) is 7.92. The van der Waals surface area contributed by atoms with E-state index in [4.69, 9.17) is 0 Å². The minimum Gasteiger partial charge on any atom is -0.508 e. The third-order valence-corrected chi connectivity index (χ3v) is 5.96. The molecule has 3 aromatic rings. The van der Waals surface area contributed by atoms with Crippen molar-refractivity contribution < 1.29 is 13.5 Å². The van der Waals surface area contributed by atoms with E-state index < -0.39 is 10.0 Å². The summed E-state index contributed by atoms with van der Waals surface area (Å²) in [5, 5.41) is 16.8. The van der Waals surface area contributed by atoms with Crippen LogP contribution in [0.3, 0.4) is 0 Å². The van der Waals surface area contributed by atoms with Crippen LogP contribution in [0.25, 0.3) is 11.0 Å². The first kappa shape index (κ1) is 22.6. The number of rotatable bonds is 6. The fourth-order valence-electron chi connectivity index (χ4n) is 2.65. The molecule has 1 unspecified atom stereocenters. The molecule has 3 N–H and O–H groups in total. The van der Waals surface area contributed by atoms with Gasteiger partial charge in [0, 0.05) is 12.2 Å². The van der Waals surface area contributed by atoms with Gasteiger partial charge in [0.1, 0.15) is 5.75 Å². The molecule has 2 heterocycles. The van der Waals surface area contributed by atoms with E-state index in [1.165, 1.54) is 0 Å². The van der Waals surface area contributed by atoms with Crippen LogP contribution in [-0.2, 0) is 16.4 Å². The maximum atomic E-state index is 12.7. The molecule has 8 heteroatoms. The van der Waals surface area contributed by atoms with Crippen molar-refractivity contribution in [2.45, 2.75) is 51.6 Å². The van der Waals surface area contributed by atoms with Crippen LogP contribution < -0.4 is 4.72 Å². The van der Waals surface area contributed by atoms with Crippen LogP contribution in [-0.4, -0.2) is 34.7 Å². The molecule has 0 fully saturated rings. The molecule has 2 aromatic heterocycles. The van der Waals surface area contributed by atoms with E-state index in [-0.39, 0.29) is 16.8 Å². The summed E-state index contributed by atoms with van der Waals surface area (Å²) in [5.41, 5.74) is 2.02. The Morgan fingerprint density at radius 3 is 2.59 bits per heavy atom. The summed E-state index contributed by atoms with van der Waals surface area (Å²) >= 11 is 0. The second-order valence-electron chi connectivity index (χ2n) is 6.65. The molecule has 0 aliphatic heterocycles. The van der Waals surface area contributed by atoms with Gasteiger partial charge in [-0.3, -0.25) is 5.10 Å². The van der Waals surface area contributed by atoms with Crippen molar-refractivity contribution >= 4 is 21.1 Å². The van der Waals surface area contributed by atoms with Gasteiger partial charge >= 0.3 is 0 Å². The molecule has 0 aliphatic carbocycles. The van der Waals surface area contributed by atoms with Crippen LogP contribution in [0.4, 0.5) is 0 Å². The van der Waals surface area contributed by atoms with Crippen molar-refractivity contribution in [2.75, 3.05) is 0 Å². The number of aromatic hydroxyl groups is 1. The van der Waals surface area contributed by atoms with Crippen molar-refractivity contribution in [2.24, 2.45) is 0 Å². The molecule has 0 bridgehead atoms. The Balaban J connectivity index is 0.000000687. The molecular formula is C21H28N4O3S. The number of fused-ring (bicyclic) bond motifs is 1. The van der Waals surface area contributed by atoms with Crippen LogP contribution in [0, 0.1) is 6.92 Å². The summed E-state index contributed by atoms with van der Waals surface area (Å²) in [6.45, 7) is 7.73. The van der Waals surface area contributed by atoms with E-state index in [0.717, 1.165) is 11.1 Å². The van der Waals surface area contributed by atoms with Gasteiger partial charge in [0.2, 0.25) is 0 Å². The maximum absolute atomic E-state index is 12.7. The third-order valence-electron chi connectivity index (χ3n) is 4.47. The zero-order valence-electron chi connectivity index (χ0n) is 17.2. The van der Waals surface area contributed by atoms with Gasteiger partial charge in [-0.05, 0) is 62.9 Å². The lowest BCUT2D eigenvalue weighted by Crippen LogP contribution is -2.36. The summed E-state index contributed by atoms with van der Waals surface area (Å²) < 4.78 is 28.2. The fraction of sp³-hybridized carbons (Fsp3) is 0.333. The molecular weight excluding hydrogens is 388 g/mol. The van der Waals surface area contributed by atoms with Crippen LogP contribution in [0.2, 0.25) is 0 Å². The molecule has 0 amide bonds. The first-order valence-electron chi connectivity index (χ1n) is 9.49. The smallest absolute Gasteiger partial charge is 0.258 e. The predicted molar refractivity (Wildman–Crippen MR) is 115 cm³/mol. The Bertz CT molecular complexity index is 1070. The third kappa shape index (κ3) is 5.88. The van der Waals surface area contributed by atoms with E-state index in [9.17, 15) is 13.5 Å². The number of phenols is 1. The minimum absolute atomic E-state index is 0.0146. The molecule has 1 atom stereocenters. The molecule has 1 aromatic carbocycles. The molecule has 0 saturated carbocycles. The normalized spacial score (nSPS) is 12.7. The number of hydrogen-bond acceptors (Lipinski definition) is 5. The number of benzene rings is 1. The zero-order valence-corrected chi connectivity index (χ0v) is 18.0. The Morgan fingerprint density at radius 1 is 1.24 bits per heavy atom. The standard InChI is InChI=1S/C17H20N4O3S.C4H8/c1-3-13(9-12-7-6-11(2)15(22)10-12)21-25(23,24)17-14-5-4-8-18-16(14)19-20-17;1-3-4-2/h4-8,10,13,21-22H,3,9H2,1-2H3,(H,18,19,20);3-4H,1-2H3/b;4-3-. The van der Waals surface area contributed by atoms with E-state index in [1.54, 1.807) is 24.4 Å². The number of pyridine rings is 1. The molecule has 3 rings (SSSR count). The number of hydrogen-bond donors (Lipinski definition) is 3. The molecule has 0 spiro atoms. The van der Waals surface area contributed by atoms with Crippen LogP contribution in [0.15, 0.2) is 53.7 Å². The summed E-state index contributed by atoms with van der Waals surface area (Å²) in [5.74, 6) is 0.209. The highest BCUT2D eigenvalue weighted by atomic mass is 32.2. The van der Waals surface area contributed by atoms with E-state index in [1.807, 2.05) is 52.0 Å². The van der Waals surface area contributed by atoms with Crippen molar-refractivity contribution in [1.82, 2.24) is 19.9 Å². The first-order chi connectivity index (χ1) is 13.8.